The van der Waals surface area contributed by atoms with Crippen LogP contribution in [0, 0.1) is 0 Å². The van der Waals surface area contributed by atoms with Gasteiger partial charge in [0.1, 0.15) is 11.6 Å². The number of nitrogens with two attached hydrogens (primary N) is 1. The van der Waals surface area contributed by atoms with Gasteiger partial charge in [-0.2, -0.15) is 0 Å². The van der Waals surface area contributed by atoms with Crippen LogP contribution in [0.25, 0.3) is 0 Å². The molecule has 0 aliphatic carbocycles. The molecule has 7 nitrogen and oxygen atoms in total. The number of pyridine rings is 1. The number of morpholine rings is 1. The number of ether oxygens (including phenoxy) is 1. The Labute approximate surface area is 153 Å². The number of benzene rings is 1. The van der Waals surface area contributed by atoms with Crippen molar-refractivity contribution in [1.29, 1.82) is 0 Å². The van der Waals surface area contributed by atoms with Crippen molar-refractivity contribution in [1.82, 2.24) is 9.88 Å². The van der Waals surface area contributed by atoms with E-state index in [-0.39, 0.29) is 12.1 Å². The Morgan fingerprint density at radius 3 is 2.62 bits per heavy atom. The number of hydrogen-bond donors (Lipinski definition) is 3. The standard InChI is InChI=1S/C19H25N5O2/c1-2-15(14-6-4-3-5-7-14)21-17-9-8-16(18(20)23-17)22-19(25)24-10-12-26-13-11-24/h3-9,15H,2,10-13H2,1H3,(H,22,25)(H3,20,21,23). The van der Waals surface area contributed by atoms with Crippen molar-refractivity contribution in [2.45, 2.75) is 19.4 Å². The highest BCUT2D eigenvalue weighted by Crippen LogP contribution is 2.24. The largest absolute Gasteiger partial charge is 0.382 e. The number of nitrogens with zero attached hydrogens (tertiary/aromatic N) is 2. The van der Waals surface area contributed by atoms with E-state index in [9.17, 15) is 4.79 Å². The van der Waals surface area contributed by atoms with E-state index in [0.717, 1.165) is 6.42 Å². The fraction of sp³-hybridized carbons (Fsp3) is 0.368. The molecule has 3 rings (SSSR count). The highest BCUT2D eigenvalue weighted by Gasteiger charge is 2.18. The van der Waals surface area contributed by atoms with E-state index in [4.69, 9.17) is 10.5 Å². The second-order valence-corrected chi connectivity index (χ2v) is 6.17. The van der Waals surface area contributed by atoms with E-state index in [1.807, 2.05) is 24.3 Å². The Balaban J connectivity index is 1.66. The molecule has 26 heavy (non-hydrogen) atoms. The summed E-state index contributed by atoms with van der Waals surface area (Å²) < 4.78 is 5.26. The van der Waals surface area contributed by atoms with Gasteiger partial charge in [0.25, 0.3) is 0 Å². The number of urea groups is 1. The van der Waals surface area contributed by atoms with Gasteiger partial charge in [0, 0.05) is 13.1 Å². The molecule has 0 spiro atoms. The zero-order valence-corrected chi connectivity index (χ0v) is 14.9. The maximum Gasteiger partial charge on any atom is 0.322 e. The third-order valence-corrected chi connectivity index (χ3v) is 4.40. The van der Waals surface area contributed by atoms with Crippen molar-refractivity contribution in [3.05, 3.63) is 48.0 Å². The van der Waals surface area contributed by atoms with E-state index >= 15 is 0 Å². The predicted octanol–water partition coefficient (Wildman–Crippen LogP) is 3.09. The van der Waals surface area contributed by atoms with Crippen molar-refractivity contribution in [3.63, 3.8) is 0 Å². The number of rotatable bonds is 5. The average molecular weight is 355 g/mol. The van der Waals surface area contributed by atoms with Gasteiger partial charge in [0.15, 0.2) is 0 Å². The Morgan fingerprint density at radius 1 is 1.23 bits per heavy atom. The van der Waals surface area contributed by atoms with Crippen molar-refractivity contribution in [3.8, 4) is 0 Å². The second-order valence-electron chi connectivity index (χ2n) is 6.17. The van der Waals surface area contributed by atoms with Gasteiger partial charge in [0.2, 0.25) is 0 Å². The van der Waals surface area contributed by atoms with Gasteiger partial charge >= 0.3 is 6.03 Å². The van der Waals surface area contributed by atoms with E-state index in [1.165, 1.54) is 5.56 Å². The lowest BCUT2D eigenvalue weighted by Crippen LogP contribution is -2.43. The fourth-order valence-electron chi connectivity index (χ4n) is 2.91. The van der Waals surface area contributed by atoms with Gasteiger partial charge < -0.3 is 26.0 Å². The van der Waals surface area contributed by atoms with E-state index in [2.05, 4.69) is 34.7 Å². The summed E-state index contributed by atoms with van der Waals surface area (Å²) in [6, 6.07) is 13.8. The molecule has 1 atom stereocenters. The van der Waals surface area contributed by atoms with Crippen molar-refractivity contribution in [2.75, 3.05) is 42.7 Å². The summed E-state index contributed by atoms with van der Waals surface area (Å²) in [6.07, 6.45) is 0.918. The summed E-state index contributed by atoms with van der Waals surface area (Å²) in [6.45, 7) is 4.39. The molecule has 1 unspecified atom stereocenters. The number of anilines is 3. The van der Waals surface area contributed by atoms with Crippen molar-refractivity contribution < 1.29 is 9.53 Å². The second kappa shape index (κ2) is 8.53. The first-order valence-corrected chi connectivity index (χ1v) is 8.89. The molecule has 138 valence electrons. The topological polar surface area (TPSA) is 92.5 Å². The number of aromatic nitrogens is 1. The van der Waals surface area contributed by atoms with Crippen LogP contribution in [0.4, 0.5) is 22.1 Å². The molecule has 1 fully saturated rings. The molecule has 2 aromatic rings. The highest BCUT2D eigenvalue weighted by atomic mass is 16.5. The number of carbonyl (C=O) groups is 1. The quantitative estimate of drug-likeness (QED) is 0.766. The Kier molecular flexibility index (Phi) is 5.91. The molecule has 1 aromatic carbocycles. The highest BCUT2D eigenvalue weighted by molar-refractivity contribution is 5.92. The minimum absolute atomic E-state index is 0.150. The predicted molar refractivity (Wildman–Crippen MR) is 103 cm³/mol. The molecule has 2 amide bonds. The molecule has 1 aliphatic rings. The smallest absolute Gasteiger partial charge is 0.322 e. The third-order valence-electron chi connectivity index (χ3n) is 4.40. The Bertz CT molecular complexity index is 732. The molecule has 0 bridgehead atoms. The first-order valence-electron chi connectivity index (χ1n) is 8.89. The van der Waals surface area contributed by atoms with Crippen LogP contribution in [0.15, 0.2) is 42.5 Å². The van der Waals surface area contributed by atoms with Crippen LogP contribution in [-0.4, -0.2) is 42.2 Å². The lowest BCUT2D eigenvalue weighted by atomic mass is 10.0. The summed E-state index contributed by atoms with van der Waals surface area (Å²) in [5.74, 6) is 0.974. The molecule has 0 saturated carbocycles. The molecular weight excluding hydrogens is 330 g/mol. The fourth-order valence-corrected chi connectivity index (χ4v) is 2.91. The molecule has 7 heteroatoms. The van der Waals surface area contributed by atoms with Crippen LogP contribution in [0.5, 0.6) is 0 Å². The summed E-state index contributed by atoms with van der Waals surface area (Å²) in [7, 11) is 0. The first kappa shape index (κ1) is 18.0. The normalized spacial score (nSPS) is 15.3. The van der Waals surface area contributed by atoms with Gasteiger partial charge in [-0.05, 0) is 24.1 Å². The molecule has 0 radical (unpaired) electrons. The monoisotopic (exact) mass is 355 g/mol. The summed E-state index contributed by atoms with van der Waals surface area (Å²) in [4.78, 5) is 18.4. The summed E-state index contributed by atoms with van der Waals surface area (Å²) in [5, 5.41) is 6.22. The lowest BCUT2D eigenvalue weighted by Gasteiger charge is -2.27. The van der Waals surface area contributed by atoms with Crippen LogP contribution in [0.3, 0.4) is 0 Å². The summed E-state index contributed by atoms with van der Waals surface area (Å²) >= 11 is 0. The number of carbonyl (C=O) groups excluding carboxylic acids is 1. The lowest BCUT2D eigenvalue weighted by molar-refractivity contribution is 0.0564. The summed E-state index contributed by atoms with van der Waals surface area (Å²) in [5.41, 5.74) is 7.75. The van der Waals surface area contributed by atoms with Gasteiger partial charge in [-0.1, -0.05) is 37.3 Å². The molecule has 1 aliphatic heterocycles. The number of nitrogen functional groups attached to an aromatic ring is 1. The minimum Gasteiger partial charge on any atom is -0.382 e. The van der Waals surface area contributed by atoms with Gasteiger partial charge in [-0.3, -0.25) is 0 Å². The van der Waals surface area contributed by atoms with Crippen molar-refractivity contribution in [2.24, 2.45) is 0 Å². The van der Waals surface area contributed by atoms with E-state index in [0.29, 0.717) is 43.6 Å². The zero-order valence-electron chi connectivity index (χ0n) is 14.9. The average Bonchev–Trinajstić information content (AvgIpc) is 2.69. The molecule has 4 N–H and O–H groups in total. The van der Waals surface area contributed by atoms with E-state index in [1.54, 1.807) is 11.0 Å². The van der Waals surface area contributed by atoms with Crippen LogP contribution in [0.1, 0.15) is 24.9 Å². The molecule has 1 saturated heterocycles. The Hall–Kier alpha value is -2.80. The minimum atomic E-state index is -0.182. The Morgan fingerprint density at radius 2 is 1.96 bits per heavy atom. The molecule has 1 aromatic heterocycles. The zero-order chi connectivity index (χ0) is 18.4. The maximum absolute atomic E-state index is 12.3. The number of hydrogen-bond acceptors (Lipinski definition) is 5. The third kappa shape index (κ3) is 4.43. The maximum atomic E-state index is 12.3. The van der Waals surface area contributed by atoms with Crippen LogP contribution in [0.2, 0.25) is 0 Å². The van der Waals surface area contributed by atoms with Gasteiger partial charge in [-0.25, -0.2) is 9.78 Å². The van der Waals surface area contributed by atoms with Crippen molar-refractivity contribution >= 4 is 23.4 Å². The first-order chi connectivity index (χ1) is 12.7. The van der Waals surface area contributed by atoms with E-state index < -0.39 is 0 Å². The molecule has 2 heterocycles. The SMILES string of the molecule is CCC(Nc1ccc(NC(=O)N2CCOCC2)c(N)n1)c1ccccc1. The van der Waals surface area contributed by atoms with Crippen LogP contribution < -0.4 is 16.4 Å². The van der Waals surface area contributed by atoms with Crippen LogP contribution in [-0.2, 0) is 4.74 Å². The van der Waals surface area contributed by atoms with Gasteiger partial charge in [0.05, 0.1) is 24.9 Å². The number of nitrogens with one attached hydrogen (secondary N) is 2. The number of amides is 2. The molecular formula is C19H25N5O2. The van der Waals surface area contributed by atoms with Gasteiger partial charge in [-0.15, -0.1) is 0 Å². The van der Waals surface area contributed by atoms with Crippen LogP contribution >= 0.6 is 0 Å².